The monoisotopic (exact) mass is 344 g/mol. The van der Waals surface area contributed by atoms with Gasteiger partial charge in [-0.15, -0.1) is 0 Å². The van der Waals surface area contributed by atoms with E-state index in [9.17, 15) is 19.1 Å². The Hall–Kier alpha value is -2.73. The van der Waals surface area contributed by atoms with E-state index in [2.05, 4.69) is 0 Å². The van der Waals surface area contributed by atoms with Gasteiger partial charge in [-0.2, -0.15) is 0 Å². The quantitative estimate of drug-likeness (QED) is 0.818. The lowest BCUT2D eigenvalue weighted by Gasteiger charge is -2.28. The molecule has 0 fully saturated rings. The number of aromatic hydroxyl groups is 1. The molecule has 5 nitrogen and oxygen atoms in total. The summed E-state index contributed by atoms with van der Waals surface area (Å²) in [7, 11) is 4.88. The van der Waals surface area contributed by atoms with Crippen molar-refractivity contribution in [3.05, 3.63) is 65.5 Å². The number of benzene rings is 2. The van der Waals surface area contributed by atoms with Crippen LogP contribution in [-0.4, -0.2) is 54.3 Å². The Morgan fingerprint density at radius 3 is 2.20 bits per heavy atom. The van der Waals surface area contributed by atoms with Crippen molar-refractivity contribution in [1.82, 2.24) is 9.80 Å². The van der Waals surface area contributed by atoms with Crippen LogP contribution in [0.25, 0.3) is 0 Å². The molecule has 0 saturated carbocycles. The molecular formula is C19H21FN2O3. The van der Waals surface area contributed by atoms with E-state index in [1.807, 2.05) is 0 Å². The van der Waals surface area contributed by atoms with E-state index in [1.165, 1.54) is 42.3 Å². The third-order valence-electron chi connectivity index (χ3n) is 3.90. The molecule has 2 rings (SSSR count). The van der Waals surface area contributed by atoms with Crippen LogP contribution in [0.1, 0.15) is 22.0 Å². The van der Waals surface area contributed by atoms with Crippen LogP contribution in [-0.2, 0) is 4.79 Å². The summed E-state index contributed by atoms with van der Waals surface area (Å²) < 4.78 is 14.1. The first-order chi connectivity index (χ1) is 11.8. The van der Waals surface area contributed by atoms with Gasteiger partial charge in [-0.05, 0) is 44.4 Å². The first-order valence-electron chi connectivity index (χ1n) is 7.79. The molecule has 0 aliphatic carbocycles. The molecule has 1 amide bonds. The Morgan fingerprint density at radius 2 is 1.64 bits per heavy atom. The molecule has 0 heterocycles. The van der Waals surface area contributed by atoms with Crippen molar-refractivity contribution in [3.63, 3.8) is 0 Å². The molecule has 0 radical (unpaired) electrons. The maximum Gasteiger partial charge on any atom is 0.244 e. The topological polar surface area (TPSA) is 60.9 Å². The molecule has 132 valence electrons. The molecule has 1 atom stereocenters. The van der Waals surface area contributed by atoms with Crippen molar-refractivity contribution in [2.24, 2.45) is 0 Å². The van der Waals surface area contributed by atoms with Crippen LogP contribution >= 0.6 is 0 Å². The largest absolute Gasteiger partial charge is 0.508 e. The first-order valence-corrected chi connectivity index (χ1v) is 7.79. The van der Waals surface area contributed by atoms with Crippen molar-refractivity contribution in [2.45, 2.75) is 6.04 Å². The molecular weight excluding hydrogens is 323 g/mol. The summed E-state index contributed by atoms with van der Waals surface area (Å²) in [6.07, 6.45) is 0. The van der Waals surface area contributed by atoms with E-state index in [0.29, 0.717) is 5.56 Å². The number of hydrogen-bond donors (Lipinski definition) is 1. The number of hydrogen-bond acceptors (Lipinski definition) is 4. The molecule has 0 bridgehead atoms. The molecule has 0 saturated heterocycles. The highest BCUT2D eigenvalue weighted by molar-refractivity contribution is 5.99. The molecule has 6 heteroatoms. The summed E-state index contributed by atoms with van der Waals surface area (Å²) in [6, 6.07) is 11.1. The molecule has 0 unspecified atom stereocenters. The zero-order valence-electron chi connectivity index (χ0n) is 14.4. The lowest BCUT2D eigenvalue weighted by molar-refractivity contribution is -0.134. The van der Waals surface area contributed by atoms with Crippen molar-refractivity contribution in [3.8, 4) is 5.75 Å². The number of phenols is 1. The van der Waals surface area contributed by atoms with Gasteiger partial charge in [0.2, 0.25) is 5.91 Å². The van der Waals surface area contributed by atoms with Gasteiger partial charge in [0.1, 0.15) is 17.6 Å². The van der Waals surface area contributed by atoms with Gasteiger partial charge in [0.15, 0.2) is 5.78 Å². The SMILES string of the molecule is CN(CC(=O)c1ccc(O)cc1)C(=O)[C@@H](c1ccccc1F)N(C)C. The number of Topliss-reactive ketones (excluding diaryl/α,β-unsaturated/α-hetero) is 1. The second kappa shape index (κ2) is 7.90. The Kier molecular flexibility index (Phi) is 5.88. The number of ketones is 1. The molecule has 0 spiro atoms. The second-order valence-corrected chi connectivity index (χ2v) is 6.05. The summed E-state index contributed by atoms with van der Waals surface area (Å²) in [4.78, 5) is 28.0. The van der Waals surface area contributed by atoms with Crippen molar-refractivity contribution in [2.75, 3.05) is 27.7 Å². The summed E-state index contributed by atoms with van der Waals surface area (Å²) >= 11 is 0. The third-order valence-corrected chi connectivity index (χ3v) is 3.90. The summed E-state index contributed by atoms with van der Waals surface area (Å²) in [6.45, 7) is -0.137. The number of carbonyl (C=O) groups excluding carboxylic acids is 2. The molecule has 2 aromatic carbocycles. The minimum absolute atomic E-state index is 0.0632. The summed E-state index contributed by atoms with van der Waals surface area (Å²) in [5, 5.41) is 9.28. The summed E-state index contributed by atoms with van der Waals surface area (Å²) in [5.41, 5.74) is 0.658. The van der Waals surface area contributed by atoms with Crippen molar-refractivity contribution in [1.29, 1.82) is 0 Å². The van der Waals surface area contributed by atoms with Crippen molar-refractivity contribution < 1.29 is 19.1 Å². The Bertz CT molecular complexity index is 760. The zero-order valence-corrected chi connectivity index (χ0v) is 14.4. The molecule has 2 aromatic rings. The van der Waals surface area contributed by atoms with Crippen molar-refractivity contribution >= 4 is 11.7 Å². The van der Waals surface area contributed by atoms with Gasteiger partial charge in [0.25, 0.3) is 0 Å². The van der Waals surface area contributed by atoms with E-state index in [-0.39, 0.29) is 29.5 Å². The van der Waals surface area contributed by atoms with E-state index < -0.39 is 11.9 Å². The number of carbonyl (C=O) groups is 2. The van der Waals surface area contributed by atoms with Crippen LogP contribution in [0.15, 0.2) is 48.5 Å². The highest BCUT2D eigenvalue weighted by atomic mass is 19.1. The minimum Gasteiger partial charge on any atom is -0.508 e. The number of phenolic OH excluding ortho intramolecular Hbond substituents is 1. The number of amides is 1. The number of halogens is 1. The normalized spacial score (nSPS) is 12.0. The van der Waals surface area contributed by atoms with E-state index in [0.717, 1.165) is 0 Å². The number of rotatable bonds is 6. The smallest absolute Gasteiger partial charge is 0.244 e. The average Bonchev–Trinajstić information content (AvgIpc) is 2.56. The molecule has 1 N–H and O–H groups in total. The van der Waals surface area contributed by atoms with Gasteiger partial charge >= 0.3 is 0 Å². The van der Waals surface area contributed by atoms with Gasteiger partial charge in [0, 0.05) is 18.2 Å². The van der Waals surface area contributed by atoms with Crippen LogP contribution in [0.2, 0.25) is 0 Å². The van der Waals surface area contributed by atoms with Crippen LogP contribution in [0.3, 0.4) is 0 Å². The lowest BCUT2D eigenvalue weighted by Crippen LogP contribution is -2.41. The first kappa shape index (κ1) is 18.6. The molecule has 0 aliphatic heterocycles. The summed E-state index contributed by atoms with van der Waals surface area (Å²) in [5.74, 6) is -1.04. The fraction of sp³-hybridized carbons (Fsp3) is 0.263. The second-order valence-electron chi connectivity index (χ2n) is 6.05. The number of likely N-dealkylation sites (N-methyl/N-ethyl adjacent to an activating group) is 2. The lowest BCUT2D eigenvalue weighted by atomic mass is 10.0. The minimum atomic E-state index is -0.821. The van der Waals surface area contributed by atoms with Crippen LogP contribution < -0.4 is 0 Å². The third kappa shape index (κ3) is 4.42. The predicted octanol–water partition coefficient (Wildman–Crippen LogP) is 2.48. The van der Waals surface area contributed by atoms with Gasteiger partial charge < -0.3 is 10.0 Å². The maximum absolute atomic E-state index is 14.1. The Labute approximate surface area is 146 Å². The van der Waals surface area contributed by atoms with E-state index >= 15 is 0 Å². The van der Waals surface area contributed by atoms with E-state index in [4.69, 9.17) is 0 Å². The predicted molar refractivity (Wildman–Crippen MR) is 92.9 cm³/mol. The highest BCUT2D eigenvalue weighted by Gasteiger charge is 2.29. The molecule has 0 aliphatic rings. The van der Waals surface area contributed by atoms with Gasteiger partial charge in [-0.25, -0.2) is 4.39 Å². The zero-order chi connectivity index (χ0) is 18.6. The van der Waals surface area contributed by atoms with Crippen LogP contribution in [0, 0.1) is 5.82 Å². The van der Waals surface area contributed by atoms with E-state index in [1.54, 1.807) is 37.2 Å². The maximum atomic E-state index is 14.1. The van der Waals surface area contributed by atoms with Crippen LogP contribution in [0.4, 0.5) is 4.39 Å². The Balaban J connectivity index is 2.17. The van der Waals surface area contributed by atoms with Gasteiger partial charge in [0.05, 0.1) is 6.54 Å². The van der Waals surface area contributed by atoms with Gasteiger partial charge in [-0.3, -0.25) is 14.5 Å². The molecule has 25 heavy (non-hydrogen) atoms. The Morgan fingerprint density at radius 1 is 1.04 bits per heavy atom. The highest BCUT2D eigenvalue weighted by Crippen LogP contribution is 2.23. The van der Waals surface area contributed by atoms with Gasteiger partial charge in [-0.1, -0.05) is 18.2 Å². The number of nitrogens with zero attached hydrogens (tertiary/aromatic N) is 2. The fourth-order valence-corrected chi connectivity index (χ4v) is 2.57. The van der Waals surface area contributed by atoms with Crippen LogP contribution in [0.5, 0.6) is 5.75 Å². The average molecular weight is 344 g/mol. The standard InChI is InChI=1S/C19H21FN2O3/c1-21(2)18(15-6-4-5-7-16(15)20)19(25)22(3)12-17(24)13-8-10-14(23)11-9-13/h4-11,18,23H,12H2,1-3H3/t18-/m1/s1. The fourth-order valence-electron chi connectivity index (χ4n) is 2.57. The molecule has 0 aromatic heterocycles.